The molecular formula is C19H22FN3O2. The molecule has 4 rings (SSSR count). The Labute approximate surface area is 146 Å². The number of hydrogen-bond acceptors (Lipinski definition) is 3. The molecule has 1 aromatic carbocycles. The number of amides is 1. The van der Waals surface area contributed by atoms with Gasteiger partial charge < -0.3 is 9.64 Å². The Kier molecular flexibility index (Phi) is 4.19. The summed E-state index contributed by atoms with van der Waals surface area (Å²) in [5.74, 6) is 1.52. The van der Waals surface area contributed by atoms with Crippen LogP contribution in [0.4, 0.5) is 4.39 Å². The van der Waals surface area contributed by atoms with Gasteiger partial charge in [-0.05, 0) is 36.5 Å². The molecule has 0 saturated heterocycles. The van der Waals surface area contributed by atoms with Gasteiger partial charge in [0.15, 0.2) is 0 Å². The fraction of sp³-hybridized carbons (Fsp3) is 0.474. The molecule has 1 aromatic heterocycles. The van der Waals surface area contributed by atoms with Crippen LogP contribution in [0.5, 0.6) is 5.75 Å². The molecule has 0 bridgehead atoms. The number of rotatable bonds is 5. The number of aromatic nitrogens is 2. The van der Waals surface area contributed by atoms with E-state index in [-0.39, 0.29) is 18.3 Å². The number of hydrogen-bond donors (Lipinski definition) is 0. The zero-order valence-corrected chi connectivity index (χ0v) is 14.3. The van der Waals surface area contributed by atoms with E-state index >= 15 is 0 Å². The van der Waals surface area contributed by atoms with Crippen molar-refractivity contribution in [3.8, 4) is 5.75 Å². The maximum Gasteiger partial charge on any atom is 0.272 e. The Morgan fingerprint density at radius 1 is 1.28 bits per heavy atom. The molecule has 1 aliphatic carbocycles. The van der Waals surface area contributed by atoms with Crippen LogP contribution in [0.2, 0.25) is 0 Å². The summed E-state index contributed by atoms with van der Waals surface area (Å²) in [5, 5.41) is 4.45. The van der Waals surface area contributed by atoms with E-state index in [1.165, 1.54) is 25.0 Å². The van der Waals surface area contributed by atoms with Crippen molar-refractivity contribution in [3.63, 3.8) is 0 Å². The lowest BCUT2D eigenvalue weighted by molar-refractivity contribution is 0.0568. The molecule has 1 unspecified atom stereocenters. The third-order valence-electron chi connectivity index (χ3n) is 5.35. The van der Waals surface area contributed by atoms with Crippen LogP contribution in [0, 0.1) is 17.7 Å². The molecule has 5 nitrogen and oxygen atoms in total. The minimum absolute atomic E-state index is 0.0508. The van der Waals surface area contributed by atoms with Crippen LogP contribution in [0.15, 0.2) is 30.3 Å². The van der Waals surface area contributed by atoms with Crippen molar-refractivity contribution in [1.82, 2.24) is 14.7 Å². The normalized spacial score (nSPS) is 22.5. The summed E-state index contributed by atoms with van der Waals surface area (Å²) in [4.78, 5) is 14.7. The van der Waals surface area contributed by atoms with Gasteiger partial charge in [0.2, 0.25) is 0 Å². The first kappa shape index (κ1) is 16.1. The molecular weight excluding hydrogens is 321 g/mol. The fourth-order valence-electron chi connectivity index (χ4n) is 3.54. The Balaban J connectivity index is 1.42. The van der Waals surface area contributed by atoms with Crippen molar-refractivity contribution >= 4 is 5.91 Å². The van der Waals surface area contributed by atoms with Crippen molar-refractivity contribution in [2.24, 2.45) is 11.8 Å². The van der Waals surface area contributed by atoms with Crippen LogP contribution in [-0.2, 0) is 13.2 Å². The molecule has 0 radical (unpaired) electrons. The van der Waals surface area contributed by atoms with Gasteiger partial charge in [-0.3, -0.25) is 9.48 Å². The first-order chi connectivity index (χ1) is 12.1. The Hall–Kier alpha value is -2.37. The number of carbonyl (C=O) groups is 1. The second kappa shape index (κ2) is 6.50. The summed E-state index contributed by atoms with van der Waals surface area (Å²) >= 11 is 0. The van der Waals surface area contributed by atoms with E-state index in [1.807, 2.05) is 4.90 Å². The van der Waals surface area contributed by atoms with Crippen molar-refractivity contribution in [2.45, 2.75) is 32.9 Å². The van der Waals surface area contributed by atoms with Crippen molar-refractivity contribution in [2.75, 3.05) is 13.1 Å². The number of fused-ring (bicyclic) bond motifs is 1. The largest absolute Gasteiger partial charge is 0.487 e. The molecule has 132 valence electrons. The maximum atomic E-state index is 13.2. The number of carbonyl (C=O) groups excluding carboxylic acids is 1. The third kappa shape index (κ3) is 3.25. The number of benzene rings is 1. The topological polar surface area (TPSA) is 47.4 Å². The minimum atomic E-state index is -0.335. The van der Waals surface area contributed by atoms with Crippen molar-refractivity contribution in [3.05, 3.63) is 47.5 Å². The van der Waals surface area contributed by atoms with Gasteiger partial charge in [-0.25, -0.2) is 4.39 Å². The van der Waals surface area contributed by atoms with Gasteiger partial charge in [-0.2, -0.15) is 5.10 Å². The molecule has 1 amide bonds. The maximum absolute atomic E-state index is 13.2. The highest BCUT2D eigenvalue weighted by Gasteiger charge is 2.33. The summed E-state index contributed by atoms with van der Waals surface area (Å²) in [7, 11) is 0. The molecule has 0 N–H and O–H groups in total. The van der Waals surface area contributed by atoms with Gasteiger partial charge >= 0.3 is 0 Å². The predicted molar refractivity (Wildman–Crippen MR) is 90.8 cm³/mol. The molecule has 0 spiro atoms. The predicted octanol–water partition coefficient (Wildman–Crippen LogP) is 3.10. The lowest BCUT2D eigenvalue weighted by Crippen LogP contribution is -2.45. The molecule has 25 heavy (non-hydrogen) atoms. The molecule has 2 heterocycles. The Bertz CT molecular complexity index is 789. The summed E-state index contributed by atoms with van der Waals surface area (Å²) < 4.78 is 20.5. The van der Waals surface area contributed by atoms with Crippen molar-refractivity contribution < 1.29 is 13.9 Å². The monoisotopic (exact) mass is 343 g/mol. The molecule has 1 aliphatic heterocycles. The van der Waals surface area contributed by atoms with Gasteiger partial charge in [0, 0.05) is 19.2 Å². The number of nitrogens with zero attached hydrogens (tertiary/aromatic N) is 3. The van der Waals surface area contributed by atoms with E-state index in [2.05, 4.69) is 12.0 Å². The highest BCUT2D eigenvalue weighted by Crippen LogP contribution is 2.34. The number of halogens is 1. The molecule has 1 saturated carbocycles. The zero-order chi connectivity index (χ0) is 17.4. The van der Waals surface area contributed by atoms with Gasteiger partial charge in [-0.15, -0.1) is 0 Å². The lowest BCUT2D eigenvalue weighted by Gasteiger charge is -2.39. The van der Waals surface area contributed by atoms with E-state index in [4.69, 9.17) is 4.74 Å². The number of ether oxygens (including phenoxy) is 1. The summed E-state index contributed by atoms with van der Waals surface area (Å²) in [5.41, 5.74) is 1.31. The van der Waals surface area contributed by atoms with Gasteiger partial charge in [0.25, 0.3) is 5.91 Å². The van der Waals surface area contributed by atoms with Gasteiger partial charge in [0.1, 0.15) is 29.6 Å². The van der Waals surface area contributed by atoms with Crippen LogP contribution in [0.3, 0.4) is 0 Å². The first-order valence-corrected chi connectivity index (χ1v) is 8.84. The zero-order valence-electron chi connectivity index (χ0n) is 14.3. The van der Waals surface area contributed by atoms with E-state index in [0.717, 1.165) is 12.5 Å². The molecule has 6 heteroatoms. The van der Waals surface area contributed by atoms with Crippen LogP contribution in [0.25, 0.3) is 0 Å². The SMILES string of the molecule is CC1CC[C@H]1CN1CCn2nc(COc3cccc(F)c3)cc2C1=O. The van der Waals surface area contributed by atoms with E-state index in [0.29, 0.717) is 36.1 Å². The van der Waals surface area contributed by atoms with E-state index in [9.17, 15) is 9.18 Å². The second-order valence-electron chi connectivity index (χ2n) is 7.06. The quantitative estimate of drug-likeness (QED) is 0.838. The average molecular weight is 343 g/mol. The Morgan fingerprint density at radius 2 is 2.16 bits per heavy atom. The highest BCUT2D eigenvalue weighted by atomic mass is 19.1. The first-order valence-electron chi connectivity index (χ1n) is 8.84. The fourth-order valence-corrected chi connectivity index (χ4v) is 3.54. The van der Waals surface area contributed by atoms with E-state index in [1.54, 1.807) is 22.9 Å². The molecule has 2 aromatic rings. The summed E-state index contributed by atoms with van der Waals surface area (Å²) in [6.07, 6.45) is 2.49. The second-order valence-corrected chi connectivity index (χ2v) is 7.06. The van der Waals surface area contributed by atoms with E-state index < -0.39 is 0 Å². The highest BCUT2D eigenvalue weighted by molar-refractivity contribution is 5.93. The third-order valence-corrected chi connectivity index (χ3v) is 5.35. The van der Waals surface area contributed by atoms with Gasteiger partial charge in [-0.1, -0.05) is 19.4 Å². The van der Waals surface area contributed by atoms with Crippen LogP contribution in [0.1, 0.15) is 35.9 Å². The minimum Gasteiger partial charge on any atom is -0.487 e. The lowest BCUT2D eigenvalue weighted by atomic mass is 9.74. The Morgan fingerprint density at radius 3 is 2.88 bits per heavy atom. The molecule has 2 aliphatic rings. The summed E-state index contributed by atoms with van der Waals surface area (Å²) in [6, 6.07) is 7.80. The van der Waals surface area contributed by atoms with Gasteiger partial charge in [0.05, 0.1) is 6.54 Å². The molecule has 2 atom stereocenters. The standard InChI is InChI=1S/C19H22FN3O2/c1-13-5-6-14(13)11-22-7-8-23-18(19(22)24)10-16(21-23)12-25-17-4-2-3-15(20)9-17/h2-4,9-10,13-14H,5-8,11-12H2,1H3/t13?,14-/m0/s1. The smallest absolute Gasteiger partial charge is 0.272 e. The van der Waals surface area contributed by atoms with Crippen LogP contribution in [-0.4, -0.2) is 33.7 Å². The average Bonchev–Trinajstić information content (AvgIpc) is 3.02. The summed E-state index contributed by atoms with van der Waals surface area (Å²) in [6.45, 7) is 4.74. The van der Waals surface area contributed by atoms with Crippen LogP contribution < -0.4 is 4.74 Å². The van der Waals surface area contributed by atoms with Crippen LogP contribution >= 0.6 is 0 Å². The van der Waals surface area contributed by atoms with Crippen molar-refractivity contribution in [1.29, 1.82) is 0 Å². The molecule has 1 fully saturated rings.